The van der Waals surface area contributed by atoms with Gasteiger partial charge < -0.3 is 4.52 Å². The van der Waals surface area contributed by atoms with Gasteiger partial charge in [-0.3, -0.25) is 0 Å². The molecular weight excluding hydrogens is 356 g/mol. The van der Waals surface area contributed by atoms with Crippen LogP contribution in [0.25, 0.3) is 23.5 Å². The first-order chi connectivity index (χ1) is 13.3. The summed E-state index contributed by atoms with van der Waals surface area (Å²) in [6.07, 6.45) is 11.5. The Morgan fingerprint density at radius 1 is 0.926 bits per heavy atom. The van der Waals surface area contributed by atoms with E-state index in [1.807, 2.05) is 36.4 Å². The molecule has 0 spiro atoms. The van der Waals surface area contributed by atoms with Crippen molar-refractivity contribution in [1.29, 1.82) is 0 Å². The Morgan fingerprint density at radius 3 is 2.48 bits per heavy atom. The zero-order valence-corrected chi connectivity index (χ0v) is 16.5. The third-order valence-electron chi connectivity index (χ3n) is 4.52. The van der Waals surface area contributed by atoms with Crippen LogP contribution in [-0.4, -0.2) is 10.1 Å². The third kappa shape index (κ3) is 5.80. The summed E-state index contributed by atoms with van der Waals surface area (Å²) in [5.41, 5.74) is 3.27. The smallest absolute Gasteiger partial charge is 0.250 e. The van der Waals surface area contributed by atoms with Crippen molar-refractivity contribution in [3.8, 4) is 11.4 Å². The van der Waals surface area contributed by atoms with Gasteiger partial charge in [0.05, 0.1) is 5.02 Å². The average Bonchev–Trinajstić information content (AvgIpc) is 3.16. The second-order valence-corrected chi connectivity index (χ2v) is 7.08. The molecule has 0 radical (unpaired) electrons. The lowest BCUT2D eigenvalue weighted by Crippen LogP contribution is -1.86. The minimum Gasteiger partial charge on any atom is -0.334 e. The van der Waals surface area contributed by atoms with Crippen molar-refractivity contribution in [2.45, 2.75) is 45.4 Å². The van der Waals surface area contributed by atoms with Gasteiger partial charge in [0.1, 0.15) is 0 Å². The lowest BCUT2D eigenvalue weighted by atomic mass is 10.0. The number of unbranched alkanes of at least 4 members (excludes halogenated alkanes) is 4. The fourth-order valence-electron chi connectivity index (χ4n) is 2.95. The van der Waals surface area contributed by atoms with E-state index in [2.05, 4.69) is 41.3 Å². The molecule has 0 atom stereocenters. The number of nitrogens with zero attached hydrogens (tertiary/aromatic N) is 2. The average molecular weight is 381 g/mol. The summed E-state index contributed by atoms with van der Waals surface area (Å²) in [5, 5.41) is 4.62. The molecule has 0 saturated heterocycles. The van der Waals surface area contributed by atoms with E-state index in [9.17, 15) is 0 Å². The molecule has 140 valence electrons. The van der Waals surface area contributed by atoms with Crippen LogP contribution >= 0.6 is 11.6 Å². The highest BCUT2D eigenvalue weighted by atomic mass is 35.5. The van der Waals surface area contributed by atoms with Crippen molar-refractivity contribution >= 4 is 23.8 Å². The number of halogens is 1. The topological polar surface area (TPSA) is 38.9 Å². The van der Waals surface area contributed by atoms with Gasteiger partial charge in [-0.1, -0.05) is 85.8 Å². The molecule has 3 rings (SSSR count). The first-order valence-electron chi connectivity index (χ1n) is 9.62. The molecule has 3 nitrogen and oxygen atoms in total. The predicted molar refractivity (Wildman–Crippen MR) is 113 cm³/mol. The second kappa shape index (κ2) is 10.1. The maximum absolute atomic E-state index is 6.18. The van der Waals surface area contributed by atoms with E-state index in [1.54, 1.807) is 0 Å². The molecule has 0 N–H and O–H groups in total. The summed E-state index contributed by atoms with van der Waals surface area (Å²) >= 11 is 6.18. The van der Waals surface area contributed by atoms with Crippen molar-refractivity contribution in [3.63, 3.8) is 0 Å². The quantitative estimate of drug-likeness (QED) is 0.372. The number of aryl methyl sites for hydroxylation is 1. The lowest BCUT2D eigenvalue weighted by Gasteiger charge is -2.02. The zero-order chi connectivity index (χ0) is 18.9. The SMILES string of the molecule is CCCCCCCc1ccc(/C=C\c2nc(-c3ccccc3Cl)no2)cc1. The summed E-state index contributed by atoms with van der Waals surface area (Å²) in [5.74, 6) is 0.962. The molecule has 0 aliphatic carbocycles. The van der Waals surface area contributed by atoms with Crippen molar-refractivity contribution in [1.82, 2.24) is 10.1 Å². The van der Waals surface area contributed by atoms with Crippen LogP contribution in [0.15, 0.2) is 53.1 Å². The minimum atomic E-state index is 0.463. The van der Waals surface area contributed by atoms with Crippen molar-refractivity contribution in [3.05, 3.63) is 70.6 Å². The van der Waals surface area contributed by atoms with E-state index < -0.39 is 0 Å². The van der Waals surface area contributed by atoms with Gasteiger partial charge in [0.25, 0.3) is 5.89 Å². The van der Waals surface area contributed by atoms with Gasteiger partial charge in [-0.05, 0) is 42.2 Å². The van der Waals surface area contributed by atoms with Gasteiger partial charge in [-0.25, -0.2) is 0 Å². The molecule has 0 amide bonds. The fourth-order valence-corrected chi connectivity index (χ4v) is 3.17. The third-order valence-corrected chi connectivity index (χ3v) is 4.85. The number of hydrogen-bond acceptors (Lipinski definition) is 3. The van der Waals surface area contributed by atoms with Crippen LogP contribution in [0, 0.1) is 0 Å². The van der Waals surface area contributed by atoms with E-state index in [-0.39, 0.29) is 0 Å². The molecule has 3 aromatic rings. The monoisotopic (exact) mass is 380 g/mol. The Kier molecular flexibility index (Phi) is 7.23. The number of hydrogen-bond donors (Lipinski definition) is 0. The molecule has 0 bridgehead atoms. The largest absolute Gasteiger partial charge is 0.334 e. The second-order valence-electron chi connectivity index (χ2n) is 6.68. The summed E-state index contributed by atoms with van der Waals surface area (Å²) in [4.78, 5) is 4.39. The van der Waals surface area contributed by atoms with Gasteiger partial charge in [-0.2, -0.15) is 4.98 Å². The molecule has 0 saturated carbocycles. The lowest BCUT2D eigenvalue weighted by molar-refractivity contribution is 0.411. The Labute approximate surface area is 166 Å². The molecule has 1 aromatic heterocycles. The summed E-state index contributed by atoms with van der Waals surface area (Å²) in [6.45, 7) is 2.25. The van der Waals surface area contributed by atoms with Gasteiger partial charge >= 0.3 is 0 Å². The number of rotatable bonds is 9. The molecule has 2 aromatic carbocycles. The first kappa shape index (κ1) is 19.4. The van der Waals surface area contributed by atoms with Gasteiger partial charge in [0.2, 0.25) is 5.82 Å². The first-order valence-corrected chi connectivity index (χ1v) is 9.99. The summed E-state index contributed by atoms with van der Waals surface area (Å²) in [6, 6.07) is 16.1. The molecule has 0 unspecified atom stereocenters. The van der Waals surface area contributed by atoms with Crippen LogP contribution in [0.3, 0.4) is 0 Å². The zero-order valence-electron chi connectivity index (χ0n) is 15.7. The fraction of sp³-hybridized carbons (Fsp3) is 0.304. The molecular formula is C23H25ClN2O. The van der Waals surface area contributed by atoms with E-state index in [0.29, 0.717) is 16.7 Å². The molecule has 0 aliphatic rings. The van der Waals surface area contributed by atoms with E-state index in [1.165, 1.54) is 37.7 Å². The Morgan fingerprint density at radius 2 is 1.70 bits per heavy atom. The maximum atomic E-state index is 6.18. The highest BCUT2D eigenvalue weighted by Crippen LogP contribution is 2.25. The molecule has 4 heteroatoms. The molecule has 0 fully saturated rings. The summed E-state index contributed by atoms with van der Waals surface area (Å²) in [7, 11) is 0. The Balaban J connectivity index is 1.56. The Hall–Kier alpha value is -2.39. The van der Waals surface area contributed by atoms with E-state index >= 15 is 0 Å². The standard InChI is InChI=1S/C23H25ClN2O/c1-2-3-4-5-6-9-18-12-14-19(15-13-18)16-17-22-25-23(26-27-22)20-10-7-8-11-21(20)24/h7-8,10-17H,2-6,9H2,1H3/b17-16-. The van der Waals surface area contributed by atoms with Gasteiger partial charge in [-0.15, -0.1) is 0 Å². The minimum absolute atomic E-state index is 0.463. The van der Waals surface area contributed by atoms with Crippen molar-refractivity contribution in [2.24, 2.45) is 0 Å². The Bertz CT molecular complexity index is 868. The number of aromatic nitrogens is 2. The van der Waals surface area contributed by atoms with E-state index in [4.69, 9.17) is 16.1 Å². The van der Waals surface area contributed by atoms with Gasteiger partial charge in [0, 0.05) is 11.6 Å². The summed E-state index contributed by atoms with van der Waals surface area (Å²) < 4.78 is 5.30. The van der Waals surface area contributed by atoms with Crippen LogP contribution < -0.4 is 0 Å². The van der Waals surface area contributed by atoms with E-state index in [0.717, 1.165) is 17.5 Å². The maximum Gasteiger partial charge on any atom is 0.250 e. The van der Waals surface area contributed by atoms with Crippen molar-refractivity contribution in [2.75, 3.05) is 0 Å². The highest BCUT2D eigenvalue weighted by molar-refractivity contribution is 6.33. The molecule has 27 heavy (non-hydrogen) atoms. The number of benzene rings is 2. The highest BCUT2D eigenvalue weighted by Gasteiger charge is 2.09. The molecule has 0 aliphatic heterocycles. The van der Waals surface area contributed by atoms with Crippen molar-refractivity contribution < 1.29 is 4.52 Å². The van der Waals surface area contributed by atoms with Crippen LogP contribution in [-0.2, 0) is 6.42 Å². The predicted octanol–water partition coefficient (Wildman–Crippen LogP) is 7.07. The van der Waals surface area contributed by atoms with Crippen LogP contribution in [0.2, 0.25) is 5.02 Å². The van der Waals surface area contributed by atoms with Crippen LogP contribution in [0.1, 0.15) is 56.0 Å². The van der Waals surface area contributed by atoms with Gasteiger partial charge in [0.15, 0.2) is 0 Å². The van der Waals surface area contributed by atoms with Crippen LogP contribution in [0.4, 0.5) is 0 Å². The normalized spacial score (nSPS) is 11.3. The molecule has 1 heterocycles. The van der Waals surface area contributed by atoms with Crippen LogP contribution in [0.5, 0.6) is 0 Å².